The number of aliphatic hydroxyl groups is 1. The predicted octanol–water partition coefficient (Wildman–Crippen LogP) is 1.58. The van der Waals surface area contributed by atoms with Gasteiger partial charge in [-0.05, 0) is 38.1 Å². The van der Waals surface area contributed by atoms with Gasteiger partial charge in [0.2, 0.25) is 10.0 Å². The zero-order valence-electron chi connectivity index (χ0n) is 13.3. The van der Waals surface area contributed by atoms with Gasteiger partial charge in [0.15, 0.2) is 0 Å². The van der Waals surface area contributed by atoms with E-state index in [-0.39, 0.29) is 22.9 Å². The summed E-state index contributed by atoms with van der Waals surface area (Å²) in [6.07, 6.45) is 0. The summed E-state index contributed by atoms with van der Waals surface area (Å²) in [5, 5.41) is 8.55. The summed E-state index contributed by atoms with van der Waals surface area (Å²) in [4.78, 5) is 0.272. The second kappa shape index (κ2) is 7.58. The first-order valence-corrected chi connectivity index (χ1v) is 9.71. The number of thioether (sulfide) groups is 1. The Morgan fingerprint density at radius 3 is 2.61 bits per heavy atom. The molecule has 0 atom stereocenters. The van der Waals surface area contributed by atoms with Gasteiger partial charge in [-0.25, -0.2) is 8.42 Å². The van der Waals surface area contributed by atoms with E-state index in [4.69, 9.17) is 9.84 Å². The summed E-state index contributed by atoms with van der Waals surface area (Å²) in [7, 11) is -3.48. The van der Waals surface area contributed by atoms with Crippen molar-refractivity contribution in [1.82, 2.24) is 4.31 Å². The minimum absolute atomic E-state index is 0.0697. The highest BCUT2D eigenvalue weighted by atomic mass is 32.2. The molecule has 0 saturated carbocycles. The maximum atomic E-state index is 12.7. The number of rotatable bonds is 4. The van der Waals surface area contributed by atoms with Gasteiger partial charge in [0.25, 0.3) is 0 Å². The van der Waals surface area contributed by atoms with E-state index in [9.17, 15) is 8.42 Å². The minimum atomic E-state index is -3.48. The number of hydrogen-bond acceptors (Lipinski definition) is 5. The Bertz CT molecular complexity index is 687. The summed E-state index contributed by atoms with van der Waals surface area (Å²) in [6.45, 7) is 5.11. The smallest absolute Gasteiger partial charge is 0.243 e. The number of hydrogen-bond donors (Lipinski definition) is 1. The van der Waals surface area contributed by atoms with Crippen LogP contribution in [-0.4, -0.2) is 54.6 Å². The van der Waals surface area contributed by atoms with Crippen LogP contribution in [0.15, 0.2) is 29.2 Å². The van der Waals surface area contributed by atoms with E-state index in [1.807, 2.05) is 0 Å². The third-order valence-electron chi connectivity index (χ3n) is 3.37. The van der Waals surface area contributed by atoms with Crippen LogP contribution in [0.2, 0.25) is 0 Å². The van der Waals surface area contributed by atoms with E-state index in [1.54, 1.807) is 40.3 Å². The molecule has 126 valence electrons. The van der Waals surface area contributed by atoms with E-state index in [0.717, 1.165) is 5.75 Å². The molecule has 1 saturated heterocycles. The Morgan fingerprint density at radius 2 is 2.00 bits per heavy atom. The van der Waals surface area contributed by atoms with E-state index in [1.165, 1.54) is 0 Å². The van der Waals surface area contributed by atoms with Gasteiger partial charge in [0, 0.05) is 23.6 Å². The van der Waals surface area contributed by atoms with Crippen LogP contribution in [0.4, 0.5) is 0 Å². The van der Waals surface area contributed by atoms with Gasteiger partial charge in [-0.3, -0.25) is 0 Å². The number of benzene rings is 1. The van der Waals surface area contributed by atoms with Gasteiger partial charge in [0.05, 0.1) is 4.90 Å². The largest absolute Gasteiger partial charge is 0.481 e. The molecule has 1 aliphatic heterocycles. The van der Waals surface area contributed by atoms with Gasteiger partial charge in [-0.1, -0.05) is 11.8 Å². The summed E-state index contributed by atoms with van der Waals surface area (Å²) >= 11 is 1.79. The zero-order chi connectivity index (χ0) is 16.9. The molecule has 23 heavy (non-hydrogen) atoms. The van der Waals surface area contributed by atoms with Gasteiger partial charge in [-0.15, -0.1) is 0 Å². The van der Waals surface area contributed by atoms with Crippen LogP contribution in [0.25, 0.3) is 0 Å². The van der Waals surface area contributed by atoms with Crippen LogP contribution in [0.3, 0.4) is 0 Å². The second-order valence-corrected chi connectivity index (χ2v) is 9.46. The SMILES string of the molecule is CC1(C)CN(S(=O)(=O)c2ccc(OCC#CCO)cc2)CCS1. The molecule has 2 rings (SSSR count). The normalized spacial score (nSPS) is 18.0. The lowest BCUT2D eigenvalue weighted by atomic mass is 10.2. The van der Waals surface area contributed by atoms with Crippen molar-refractivity contribution < 1.29 is 18.3 Å². The molecular weight excluding hydrogens is 334 g/mol. The molecule has 1 heterocycles. The molecule has 0 bridgehead atoms. The molecule has 1 N–H and O–H groups in total. The molecule has 1 aromatic carbocycles. The molecule has 1 fully saturated rings. The molecule has 0 spiro atoms. The van der Waals surface area contributed by atoms with Crippen LogP contribution in [0, 0.1) is 11.8 Å². The van der Waals surface area contributed by atoms with E-state index < -0.39 is 10.0 Å². The number of ether oxygens (including phenoxy) is 1. The van der Waals surface area contributed by atoms with Crippen LogP contribution < -0.4 is 4.74 Å². The predicted molar refractivity (Wildman–Crippen MR) is 92.1 cm³/mol. The lowest BCUT2D eigenvalue weighted by Gasteiger charge is -2.36. The van der Waals surface area contributed by atoms with Crippen molar-refractivity contribution in [3.05, 3.63) is 24.3 Å². The average molecular weight is 355 g/mol. The standard InChI is InChI=1S/C16H21NO4S2/c1-16(2)13-17(9-12-22-16)23(19,20)15-7-5-14(6-8-15)21-11-4-3-10-18/h5-8,18H,9-13H2,1-2H3. The van der Waals surface area contributed by atoms with Gasteiger partial charge >= 0.3 is 0 Å². The lowest BCUT2D eigenvalue weighted by Crippen LogP contribution is -2.46. The van der Waals surface area contributed by atoms with Gasteiger partial charge in [-0.2, -0.15) is 16.1 Å². The first-order valence-electron chi connectivity index (χ1n) is 7.29. The highest BCUT2D eigenvalue weighted by Crippen LogP contribution is 2.32. The molecule has 5 nitrogen and oxygen atoms in total. The number of sulfonamides is 1. The topological polar surface area (TPSA) is 66.8 Å². The van der Waals surface area contributed by atoms with E-state index in [0.29, 0.717) is 18.8 Å². The minimum Gasteiger partial charge on any atom is -0.481 e. The van der Waals surface area contributed by atoms with Gasteiger partial charge < -0.3 is 9.84 Å². The van der Waals surface area contributed by atoms with Crippen molar-refractivity contribution in [3.63, 3.8) is 0 Å². The Labute approximate surface area is 142 Å². The van der Waals surface area contributed by atoms with E-state index >= 15 is 0 Å². The summed E-state index contributed by atoms with van der Waals surface area (Å²) < 4.78 is 32.3. The number of aliphatic hydroxyl groups excluding tert-OH is 1. The Morgan fingerprint density at radius 1 is 1.30 bits per heavy atom. The maximum absolute atomic E-state index is 12.7. The van der Waals surface area contributed by atoms with Crippen LogP contribution in [-0.2, 0) is 10.0 Å². The van der Waals surface area contributed by atoms with E-state index in [2.05, 4.69) is 25.7 Å². The third kappa shape index (κ3) is 4.88. The Kier molecular flexibility index (Phi) is 5.98. The van der Waals surface area contributed by atoms with Crippen molar-refractivity contribution >= 4 is 21.8 Å². The van der Waals surface area contributed by atoms with Crippen LogP contribution >= 0.6 is 11.8 Å². The molecule has 7 heteroatoms. The van der Waals surface area contributed by atoms with Crippen molar-refractivity contribution in [3.8, 4) is 17.6 Å². The maximum Gasteiger partial charge on any atom is 0.243 e. The fourth-order valence-corrected chi connectivity index (χ4v) is 5.17. The molecule has 0 aromatic heterocycles. The monoisotopic (exact) mass is 355 g/mol. The van der Waals surface area contributed by atoms with Crippen molar-refractivity contribution in [2.45, 2.75) is 23.5 Å². The van der Waals surface area contributed by atoms with Crippen molar-refractivity contribution in [2.75, 3.05) is 32.1 Å². The molecule has 0 radical (unpaired) electrons. The van der Waals surface area contributed by atoms with Crippen molar-refractivity contribution in [2.24, 2.45) is 0 Å². The molecular formula is C16H21NO4S2. The second-order valence-electron chi connectivity index (χ2n) is 5.72. The lowest BCUT2D eigenvalue weighted by molar-refractivity contribution is 0.347. The quantitative estimate of drug-likeness (QED) is 0.831. The molecule has 1 aromatic rings. The first kappa shape index (κ1) is 18.1. The zero-order valence-corrected chi connectivity index (χ0v) is 14.9. The number of nitrogens with zero attached hydrogens (tertiary/aromatic N) is 1. The molecule has 0 unspecified atom stereocenters. The van der Waals surface area contributed by atoms with Crippen LogP contribution in [0.1, 0.15) is 13.8 Å². The fraction of sp³-hybridized carbons (Fsp3) is 0.500. The van der Waals surface area contributed by atoms with Crippen LogP contribution in [0.5, 0.6) is 5.75 Å². The molecule has 0 aliphatic carbocycles. The Hall–Kier alpha value is -1.20. The molecule has 0 amide bonds. The fourth-order valence-electron chi connectivity index (χ4n) is 2.26. The van der Waals surface area contributed by atoms with Gasteiger partial charge in [0.1, 0.15) is 19.0 Å². The average Bonchev–Trinajstić information content (AvgIpc) is 2.51. The summed E-state index contributed by atoms with van der Waals surface area (Å²) in [6, 6.07) is 6.35. The first-order chi connectivity index (χ1) is 10.8. The highest BCUT2D eigenvalue weighted by molar-refractivity contribution is 8.00. The summed E-state index contributed by atoms with van der Waals surface area (Å²) in [5.74, 6) is 6.47. The summed E-state index contributed by atoms with van der Waals surface area (Å²) in [5.41, 5.74) is 0. The highest BCUT2D eigenvalue weighted by Gasteiger charge is 2.34. The third-order valence-corrected chi connectivity index (χ3v) is 6.52. The molecule has 1 aliphatic rings. The Balaban J connectivity index is 2.08. The van der Waals surface area contributed by atoms with Crippen molar-refractivity contribution in [1.29, 1.82) is 0 Å².